The van der Waals surface area contributed by atoms with Gasteiger partial charge in [0.15, 0.2) is 5.65 Å². The standard InChI is InChI=1S/C24H29N3O/c1-18-21(12-15-27-22(16-19-10-11-19)25-26-23(18)27)28-17-24(13-6-3-7-14-24)20-8-4-2-5-9-20/h2,4-5,8-9,12,15,19H,3,6-7,10-11,13-14,16-17H2,1H3. The first-order valence-corrected chi connectivity index (χ1v) is 10.8. The predicted octanol–water partition coefficient (Wildman–Crippen LogP) is 5.27. The smallest absolute Gasteiger partial charge is 0.167 e. The van der Waals surface area contributed by atoms with E-state index < -0.39 is 0 Å². The molecular formula is C24H29N3O. The lowest BCUT2D eigenvalue weighted by atomic mass is 9.70. The molecule has 4 heteroatoms. The van der Waals surface area contributed by atoms with Gasteiger partial charge < -0.3 is 4.74 Å². The third-order valence-corrected chi connectivity index (χ3v) is 6.72. The van der Waals surface area contributed by atoms with Crippen molar-refractivity contribution < 1.29 is 4.74 Å². The van der Waals surface area contributed by atoms with E-state index in [-0.39, 0.29) is 5.41 Å². The molecule has 0 atom stereocenters. The van der Waals surface area contributed by atoms with Crippen LogP contribution in [0.2, 0.25) is 0 Å². The quantitative estimate of drug-likeness (QED) is 0.589. The first-order valence-electron chi connectivity index (χ1n) is 10.8. The van der Waals surface area contributed by atoms with E-state index in [1.165, 1.54) is 50.5 Å². The first kappa shape index (κ1) is 17.7. The Bertz CT molecular complexity index is 953. The molecule has 0 amide bonds. The highest BCUT2D eigenvalue weighted by Gasteiger charge is 2.35. The number of rotatable bonds is 6. The van der Waals surface area contributed by atoms with E-state index in [2.05, 4.69) is 64.1 Å². The Labute approximate surface area is 166 Å². The van der Waals surface area contributed by atoms with Gasteiger partial charge in [0.25, 0.3) is 0 Å². The molecule has 2 saturated carbocycles. The van der Waals surface area contributed by atoms with Crippen LogP contribution in [0.15, 0.2) is 42.6 Å². The van der Waals surface area contributed by atoms with Crippen molar-refractivity contribution in [2.24, 2.45) is 5.92 Å². The maximum Gasteiger partial charge on any atom is 0.167 e. The molecule has 0 N–H and O–H groups in total. The molecule has 0 unspecified atom stereocenters. The van der Waals surface area contributed by atoms with Crippen LogP contribution in [0.3, 0.4) is 0 Å². The lowest BCUT2D eigenvalue weighted by Crippen LogP contribution is -2.35. The van der Waals surface area contributed by atoms with Crippen molar-refractivity contribution in [3.05, 3.63) is 59.5 Å². The molecule has 2 aliphatic carbocycles. The zero-order valence-electron chi connectivity index (χ0n) is 16.7. The van der Waals surface area contributed by atoms with Crippen LogP contribution in [0.5, 0.6) is 5.75 Å². The number of nitrogens with zero attached hydrogens (tertiary/aromatic N) is 3. The molecule has 2 aliphatic rings. The van der Waals surface area contributed by atoms with Crippen molar-refractivity contribution in [3.63, 3.8) is 0 Å². The molecule has 2 heterocycles. The van der Waals surface area contributed by atoms with Crippen LogP contribution in [-0.2, 0) is 11.8 Å². The summed E-state index contributed by atoms with van der Waals surface area (Å²) >= 11 is 0. The van der Waals surface area contributed by atoms with E-state index in [1.54, 1.807) is 0 Å². The second-order valence-electron chi connectivity index (χ2n) is 8.76. The minimum Gasteiger partial charge on any atom is -0.492 e. The summed E-state index contributed by atoms with van der Waals surface area (Å²) in [6.45, 7) is 2.84. The monoisotopic (exact) mass is 375 g/mol. The lowest BCUT2D eigenvalue weighted by Gasteiger charge is -2.37. The van der Waals surface area contributed by atoms with Gasteiger partial charge in [-0.15, -0.1) is 10.2 Å². The van der Waals surface area contributed by atoms with E-state index in [1.807, 2.05) is 0 Å². The number of aromatic nitrogens is 3. The Morgan fingerprint density at radius 3 is 2.57 bits per heavy atom. The highest BCUT2D eigenvalue weighted by atomic mass is 16.5. The third kappa shape index (κ3) is 3.30. The van der Waals surface area contributed by atoms with Crippen molar-refractivity contribution in [1.82, 2.24) is 14.6 Å². The van der Waals surface area contributed by atoms with Gasteiger partial charge in [0.05, 0.1) is 6.61 Å². The molecule has 0 spiro atoms. The maximum atomic E-state index is 6.46. The Morgan fingerprint density at radius 2 is 1.82 bits per heavy atom. The minimum absolute atomic E-state index is 0.128. The summed E-state index contributed by atoms with van der Waals surface area (Å²) < 4.78 is 8.61. The SMILES string of the molecule is Cc1c(OCC2(c3ccccc3)CCCCC2)ccn2c(CC3CC3)nnc12. The summed E-state index contributed by atoms with van der Waals surface area (Å²) in [4.78, 5) is 0. The molecule has 0 radical (unpaired) electrons. The van der Waals surface area contributed by atoms with Crippen molar-refractivity contribution in [1.29, 1.82) is 0 Å². The molecule has 146 valence electrons. The second kappa shape index (κ2) is 7.23. The van der Waals surface area contributed by atoms with Crippen LogP contribution in [0, 0.1) is 12.8 Å². The van der Waals surface area contributed by atoms with Gasteiger partial charge in [-0.3, -0.25) is 4.40 Å². The van der Waals surface area contributed by atoms with E-state index in [9.17, 15) is 0 Å². The molecule has 3 aromatic rings. The van der Waals surface area contributed by atoms with Crippen molar-refractivity contribution in [3.8, 4) is 5.75 Å². The van der Waals surface area contributed by atoms with Gasteiger partial charge in [-0.1, -0.05) is 49.6 Å². The zero-order chi connectivity index (χ0) is 19.0. The summed E-state index contributed by atoms with van der Waals surface area (Å²) in [5.41, 5.74) is 3.58. The number of benzene rings is 1. The number of hydrogen-bond donors (Lipinski definition) is 0. The molecule has 5 rings (SSSR count). The molecular weight excluding hydrogens is 346 g/mol. The van der Waals surface area contributed by atoms with Crippen molar-refractivity contribution in [2.75, 3.05) is 6.61 Å². The van der Waals surface area contributed by atoms with Crippen LogP contribution in [0.25, 0.3) is 5.65 Å². The van der Waals surface area contributed by atoms with Crippen LogP contribution >= 0.6 is 0 Å². The number of aryl methyl sites for hydroxylation is 1. The van der Waals surface area contributed by atoms with Gasteiger partial charge in [0, 0.05) is 23.6 Å². The van der Waals surface area contributed by atoms with Crippen LogP contribution in [0.1, 0.15) is 61.9 Å². The molecule has 0 saturated heterocycles. The number of fused-ring (bicyclic) bond motifs is 1. The molecule has 28 heavy (non-hydrogen) atoms. The van der Waals surface area contributed by atoms with E-state index in [0.717, 1.165) is 41.7 Å². The van der Waals surface area contributed by atoms with Crippen molar-refractivity contribution >= 4 is 5.65 Å². The molecule has 0 aliphatic heterocycles. The Balaban J connectivity index is 1.40. The number of pyridine rings is 1. The number of ether oxygens (including phenoxy) is 1. The fraction of sp³-hybridized carbons (Fsp3) is 0.500. The van der Waals surface area contributed by atoms with Crippen LogP contribution in [-0.4, -0.2) is 21.2 Å². The second-order valence-corrected chi connectivity index (χ2v) is 8.76. The molecule has 2 aromatic heterocycles. The van der Waals surface area contributed by atoms with Gasteiger partial charge in [-0.05, 0) is 50.2 Å². The van der Waals surface area contributed by atoms with Gasteiger partial charge in [-0.2, -0.15) is 0 Å². The van der Waals surface area contributed by atoms with Crippen LogP contribution < -0.4 is 4.74 Å². The van der Waals surface area contributed by atoms with E-state index in [0.29, 0.717) is 0 Å². The summed E-state index contributed by atoms with van der Waals surface area (Å²) in [7, 11) is 0. The highest BCUT2D eigenvalue weighted by molar-refractivity contribution is 5.54. The minimum atomic E-state index is 0.128. The number of hydrogen-bond acceptors (Lipinski definition) is 3. The van der Waals surface area contributed by atoms with Gasteiger partial charge in [0.1, 0.15) is 11.6 Å². The highest BCUT2D eigenvalue weighted by Crippen LogP contribution is 2.40. The predicted molar refractivity (Wildman–Crippen MR) is 111 cm³/mol. The lowest BCUT2D eigenvalue weighted by molar-refractivity contribution is 0.168. The Kier molecular flexibility index (Phi) is 4.58. The summed E-state index contributed by atoms with van der Waals surface area (Å²) in [6.07, 6.45) is 12.1. The van der Waals surface area contributed by atoms with Crippen LogP contribution in [0.4, 0.5) is 0 Å². The van der Waals surface area contributed by atoms with Gasteiger partial charge >= 0.3 is 0 Å². The molecule has 0 bridgehead atoms. The molecule has 4 nitrogen and oxygen atoms in total. The van der Waals surface area contributed by atoms with E-state index in [4.69, 9.17) is 4.74 Å². The summed E-state index contributed by atoms with van der Waals surface area (Å²) in [5, 5.41) is 8.91. The van der Waals surface area contributed by atoms with Gasteiger partial charge in [0.2, 0.25) is 0 Å². The third-order valence-electron chi connectivity index (χ3n) is 6.72. The Morgan fingerprint density at radius 1 is 1.04 bits per heavy atom. The van der Waals surface area contributed by atoms with Gasteiger partial charge in [-0.25, -0.2) is 0 Å². The zero-order valence-corrected chi connectivity index (χ0v) is 16.7. The summed E-state index contributed by atoms with van der Waals surface area (Å²) in [6, 6.07) is 13.1. The average molecular weight is 376 g/mol. The maximum absolute atomic E-state index is 6.46. The topological polar surface area (TPSA) is 39.4 Å². The molecule has 2 fully saturated rings. The fourth-order valence-corrected chi connectivity index (χ4v) is 4.74. The summed E-state index contributed by atoms with van der Waals surface area (Å²) in [5.74, 6) is 2.83. The molecule has 1 aromatic carbocycles. The Hall–Kier alpha value is -2.36. The van der Waals surface area contributed by atoms with Crippen molar-refractivity contribution in [2.45, 2.75) is 63.7 Å². The first-order chi connectivity index (χ1) is 13.8. The fourth-order valence-electron chi connectivity index (χ4n) is 4.74. The largest absolute Gasteiger partial charge is 0.492 e. The normalized spacial score (nSPS) is 19.0. The van der Waals surface area contributed by atoms with E-state index >= 15 is 0 Å². The average Bonchev–Trinajstić information content (AvgIpc) is 3.47.